The van der Waals surface area contributed by atoms with Crippen LogP contribution >= 0.6 is 0 Å². The summed E-state index contributed by atoms with van der Waals surface area (Å²) >= 11 is 0. The first kappa shape index (κ1) is 19.7. The molecule has 0 aliphatic heterocycles. The number of sulfonamides is 1. The van der Waals surface area contributed by atoms with Gasteiger partial charge in [-0.1, -0.05) is 0 Å². The van der Waals surface area contributed by atoms with Gasteiger partial charge < -0.3 is 10.1 Å². The number of carbonyl (C=O) groups excluding carboxylic acids is 1. The number of rotatable bonds is 5. The Kier molecular flexibility index (Phi) is 5.57. The summed E-state index contributed by atoms with van der Waals surface area (Å²) < 4.78 is 65.0. The van der Waals surface area contributed by atoms with Gasteiger partial charge in [0.15, 0.2) is 0 Å². The quantitative estimate of drug-likeness (QED) is 0.854. The van der Waals surface area contributed by atoms with Crippen molar-refractivity contribution in [3.63, 3.8) is 0 Å². The zero-order valence-electron chi connectivity index (χ0n) is 13.7. The molecule has 0 radical (unpaired) electrons. The highest BCUT2D eigenvalue weighted by molar-refractivity contribution is 7.89. The van der Waals surface area contributed by atoms with Gasteiger partial charge in [0.25, 0.3) is 5.91 Å². The molecule has 0 aliphatic rings. The van der Waals surface area contributed by atoms with Crippen molar-refractivity contribution in [3.05, 3.63) is 54.1 Å². The van der Waals surface area contributed by atoms with E-state index in [1.165, 1.54) is 50.5 Å². The minimum Gasteiger partial charge on any atom is -0.406 e. The molecule has 0 heterocycles. The van der Waals surface area contributed by atoms with Gasteiger partial charge in [0, 0.05) is 25.3 Å². The molecule has 1 N–H and O–H groups in total. The third-order valence-electron chi connectivity index (χ3n) is 3.24. The summed E-state index contributed by atoms with van der Waals surface area (Å²) in [6, 6.07) is 9.91. The summed E-state index contributed by atoms with van der Waals surface area (Å²) in [7, 11) is -0.779. The van der Waals surface area contributed by atoms with Crippen molar-refractivity contribution in [2.24, 2.45) is 0 Å². The van der Waals surface area contributed by atoms with Gasteiger partial charge in [-0.2, -0.15) is 0 Å². The van der Waals surface area contributed by atoms with Gasteiger partial charge in [0.1, 0.15) is 5.75 Å². The molecule has 0 fully saturated rings. The molecule has 1 amide bonds. The van der Waals surface area contributed by atoms with E-state index in [0.29, 0.717) is 5.69 Å². The molecule has 6 nitrogen and oxygen atoms in total. The second-order valence-electron chi connectivity index (χ2n) is 5.34. The van der Waals surface area contributed by atoms with Gasteiger partial charge in [-0.15, -0.1) is 13.2 Å². The highest BCUT2D eigenvalue weighted by Gasteiger charge is 2.31. The van der Waals surface area contributed by atoms with Crippen LogP contribution in [0.5, 0.6) is 5.75 Å². The van der Waals surface area contributed by atoms with Crippen LogP contribution in [0.4, 0.5) is 18.9 Å². The van der Waals surface area contributed by atoms with Crippen LogP contribution in [-0.4, -0.2) is 39.1 Å². The molecule has 0 atom stereocenters. The predicted octanol–water partition coefficient (Wildman–Crippen LogP) is 3.09. The second-order valence-corrected chi connectivity index (χ2v) is 7.49. The van der Waals surface area contributed by atoms with Crippen molar-refractivity contribution in [1.82, 2.24) is 4.31 Å². The van der Waals surface area contributed by atoms with E-state index in [4.69, 9.17) is 0 Å². The Balaban J connectivity index is 2.08. The smallest absolute Gasteiger partial charge is 0.406 e. The Morgan fingerprint density at radius 1 is 1.00 bits per heavy atom. The molecule has 2 rings (SSSR count). The molecular weight excluding hydrogens is 373 g/mol. The molecule has 140 valence electrons. The van der Waals surface area contributed by atoms with Crippen LogP contribution in [0, 0.1) is 0 Å². The lowest BCUT2D eigenvalue weighted by molar-refractivity contribution is -0.274. The van der Waals surface area contributed by atoms with E-state index in [9.17, 15) is 26.4 Å². The molecule has 0 aliphatic carbocycles. The highest BCUT2D eigenvalue weighted by atomic mass is 32.2. The molecular formula is C16H15F3N2O4S. The number of carbonyl (C=O) groups is 1. The molecule has 0 spiro atoms. The minimum atomic E-state index is -4.81. The van der Waals surface area contributed by atoms with E-state index in [-0.39, 0.29) is 10.5 Å². The number of hydrogen-bond donors (Lipinski definition) is 1. The molecule has 0 unspecified atom stereocenters. The normalized spacial score (nSPS) is 12.1. The summed E-state index contributed by atoms with van der Waals surface area (Å²) in [5, 5.41) is 2.52. The summed E-state index contributed by atoms with van der Waals surface area (Å²) in [5.41, 5.74) is 0.452. The van der Waals surface area contributed by atoms with Gasteiger partial charge in [-0.25, -0.2) is 12.7 Å². The monoisotopic (exact) mass is 388 g/mol. The van der Waals surface area contributed by atoms with E-state index < -0.39 is 28.0 Å². The molecule has 2 aromatic rings. The fraction of sp³-hybridized carbons (Fsp3) is 0.188. The topological polar surface area (TPSA) is 75.7 Å². The number of halogens is 3. The van der Waals surface area contributed by atoms with E-state index >= 15 is 0 Å². The Morgan fingerprint density at radius 2 is 1.54 bits per heavy atom. The van der Waals surface area contributed by atoms with Gasteiger partial charge in [0.05, 0.1) is 4.90 Å². The van der Waals surface area contributed by atoms with E-state index in [2.05, 4.69) is 10.1 Å². The maximum Gasteiger partial charge on any atom is 0.573 e. The van der Waals surface area contributed by atoms with Crippen LogP contribution in [0.1, 0.15) is 10.4 Å². The fourth-order valence-corrected chi connectivity index (χ4v) is 2.83. The zero-order chi connectivity index (χ0) is 19.5. The number of ether oxygens (including phenoxy) is 1. The number of alkyl halides is 3. The third kappa shape index (κ3) is 4.96. The third-order valence-corrected chi connectivity index (χ3v) is 5.07. The summed E-state index contributed by atoms with van der Waals surface area (Å²) in [5.74, 6) is -1.00. The van der Waals surface area contributed by atoms with Crippen LogP contribution in [0.25, 0.3) is 0 Å². The Hall–Kier alpha value is -2.59. The summed E-state index contributed by atoms with van der Waals surface area (Å²) in [4.78, 5) is 12.2. The highest BCUT2D eigenvalue weighted by Crippen LogP contribution is 2.23. The zero-order valence-corrected chi connectivity index (χ0v) is 14.6. The molecule has 0 bridgehead atoms. The van der Waals surface area contributed by atoms with Gasteiger partial charge >= 0.3 is 6.36 Å². The maximum atomic E-state index is 12.1. The Bertz CT molecular complexity index is 877. The Morgan fingerprint density at radius 3 is 2.00 bits per heavy atom. The lowest BCUT2D eigenvalue weighted by Gasteiger charge is -2.12. The van der Waals surface area contributed by atoms with Crippen molar-refractivity contribution in [2.75, 3.05) is 19.4 Å². The number of amides is 1. The van der Waals surface area contributed by atoms with Crippen molar-refractivity contribution >= 4 is 21.6 Å². The molecule has 0 saturated carbocycles. The first-order valence-electron chi connectivity index (χ1n) is 7.19. The second kappa shape index (κ2) is 7.34. The summed E-state index contributed by atoms with van der Waals surface area (Å²) in [6.45, 7) is 0. The molecule has 0 saturated heterocycles. The first-order valence-corrected chi connectivity index (χ1v) is 8.63. The van der Waals surface area contributed by atoms with E-state index in [1.807, 2.05) is 0 Å². The molecule has 26 heavy (non-hydrogen) atoms. The van der Waals surface area contributed by atoms with Crippen molar-refractivity contribution in [1.29, 1.82) is 0 Å². The number of benzene rings is 2. The van der Waals surface area contributed by atoms with Crippen LogP contribution in [0.2, 0.25) is 0 Å². The Labute approximate surface area is 148 Å². The van der Waals surface area contributed by atoms with Crippen LogP contribution in [0.15, 0.2) is 53.4 Å². The average Bonchev–Trinajstić information content (AvgIpc) is 2.54. The molecule has 0 aromatic heterocycles. The molecule has 10 heteroatoms. The number of nitrogens with zero attached hydrogens (tertiary/aromatic N) is 1. The average molecular weight is 388 g/mol. The molecule has 2 aromatic carbocycles. The standard InChI is InChI=1S/C16H15F3N2O4S/c1-21(2)26(23,24)14-9-5-12(6-10-14)20-15(22)11-3-7-13(8-4-11)25-16(17,18)19/h3-10H,1-2H3,(H,20,22). The van der Waals surface area contributed by atoms with Crippen molar-refractivity contribution in [3.8, 4) is 5.75 Å². The van der Waals surface area contributed by atoms with Crippen LogP contribution < -0.4 is 10.1 Å². The summed E-state index contributed by atoms with van der Waals surface area (Å²) in [6.07, 6.45) is -4.81. The van der Waals surface area contributed by atoms with Gasteiger partial charge in [-0.3, -0.25) is 4.79 Å². The SMILES string of the molecule is CN(C)S(=O)(=O)c1ccc(NC(=O)c2ccc(OC(F)(F)F)cc2)cc1. The first-order chi connectivity index (χ1) is 12.0. The number of hydrogen-bond acceptors (Lipinski definition) is 4. The van der Waals surface area contributed by atoms with E-state index in [1.54, 1.807) is 0 Å². The van der Waals surface area contributed by atoms with Crippen LogP contribution in [-0.2, 0) is 10.0 Å². The van der Waals surface area contributed by atoms with Gasteiger partial charge in [0.2, 0.25) is 10.0 Å². The lowest BCUT2D eigenvalue weighted by atomic mass is 10.2. The predicted molar refractivity (Wildman–Crippen MR) is 88.4 cm³/mol. The minimum absolute atomic E-state index is 0.0640. The maximum absolute atomic E-state index is 12.1. The van der Waals surface area contributed by atoms with Gasteiger partial charge in [-0.05, 0) is 48.5 Å². The largest absolute Gasteiger partial charge is 0.573 e. The van der Waals surface area contributed by atoms with Crippen molar-refractivity contribution < 1.29 is 31.1 Å². The number of anilines is 1. The van der Waals surface area contributed by atoms with E-state index in [0.717, 1.165) is 16.4 Å². The van der Waals surface area contributed by atoms with Crippen LogP contribution in [0.3, 0.4) is 0 Å². The fourth-order valence-electron chi connectivity index (χ4n) is 1.93. The van der Waals surface area contributed by atoms with Crippen molar-refractivity contribution in [2.45, 2.75) is 11.3 Å². The number of nitrogens with one attached hydrogen (secondary N) is 1. The lowest BCUT2D eigenvalue weighted by Crippen LogP contribution is -2.22.